The molecular formula is C14H20ClNO. The van der Waals surface area contributed by atoms with E-state index < -0.39 is 0 Å². The second kappa shape index (κ2) is 5.28. The van der Waals surface area contributed by atoms with E-state index in [0.717, 1.165) is 23.6 Å². The molecule has 0 saturated carbocycles. The van der Waals surface area contributed by atoms with E-state index in [-0.39, 0.29) is 0 Å². The third kappa shape index (κ3) is 2.29. The molecule has 0 saturated heterocycles. The van der Waals surface area contributed by atoms with Gasteiger partial charge in [0, 0.05) is 5.56 Å². The van der Waals surface area contributed by atoms with Crippen molar-refractivity contribution in [2.24, 2.45) is 5.73 Å². The topological polar surface area (TPSA) is 35.2 Å². The number of halogens is 1. The molecule has 1 aromatic carbocycles. The molecule has 1 atom stereocenters. The fraction of sp³-hybridized carbons (Fsp3) is 0.571. The molecule has 2 N–H and O–H groups in total. The van der Waals surface area contributed by atoms with Gasteiger partial charge >= 0.3 is 0 Å². The van der Waals surface area contributed by atoms with Crippen LogP contribution in [0.4, 0.5) is 0 Å². The lowest BCUT2D eigenvalue weighted by atomic mass is 9.83. The molecule has 0 aromatic heterocycles. The van der Waals surface area contributed by atoms with Crippen LogP contribution in [0.3, 0.4) is 0 Å². The first kappa shape index (κ1) is 12.7. The average molecular weight is 254 g/mol. The Bertz CT molecular complexity index is 417. The van der Waals surface area contributed by atoms with Crippen LogP contribution in [0.2, 0.25) is 5.02 Å². The van der Waals surface area contributed by atoms with E-state index in [9.17, 15) is 0 Å². The Hall–Kier alpha value is -0.730. The number of hydrogen-bond donors (Lipinski definition) is 1. The Morgan fingerprint density at radius 2 is 2.12 bits per heavy atom. The highest BCUT2D eigenvalue weighted by Crippen LogP contribution is 2.40. The molecule has 1 unspecified atom stereocenters. The summed E-state index contributed by atoms with van der Waals surface area (Å²) in [6.45, 7) is 2.77. The van der Waals surface area contributed by atoms with E-state index in [2.05, 4.69) is 13.0 Å². The van der Waals surface area contributed by atoms with Crippen molar-refractivity contribution < 1.29 is 4.74 Å². The van der Waals surface area contributed by atoms with Gasteiger partial charge in [0.1, 0.15) is 5.75 Å². The minimum atomic E-state index is 0.301. The summed E-state index contributed by atoms with van der Waals surface area (Å²) in [5.74, 6) is 1.13. The van der Waals surface area contributed by atoms with Gasteiger partial charge in [-0.1, -0.05) is 18.5 Å². The molecule has 3 heteroatoms. The largest absolute Gasteiger partial charge is 0.495 e. The van der Waals surface area contributed by atoms with E-state index in [0.29, 0.717) is 12.5 Å². The quantitative estimate of drug-likeness (QED) is 0.897. The molecule has 1 aromatic rings. The van der Waals surface area contributed by atoms with Crippen molar-refractivity contribution in [2.45, 2.75) is 38.5 Å². The van der Waals surface area contributed by atoms with Crippen LogP contribution in [-0.4, -0.2) is 13.7 Å². The molecule has 2 nitrogen and oxygen atoms in total. The molecule has 1 aliphatic carbocycles. The first-order valence-electron chi connectivity index (χ1n) is 6.27. The Morgan fingerprint density at radius 3 is 2.76 bits per heavy atom. The summed E-state index contributed by atoms with van der Waals surface area (Å²) in [5.41, 5.74) is 9.86. The smallest absolute Gasteiger partial charge is 0.141 e. The van der Waals surface area contributed by atoms with Crippen LogP contribution in [0.15, 0.2) is 6.07 Å². The zero-order chi connectivity index (χ0) is 12.4. The van der Waals surface area contributed by atoms with Gasteiger partial charge in [-0.05, 0) is 55.3 Å². The van der Waals surface area contributed by atoms with Gasteiger partial charge in [0.25, 0.3) is 0 Å². The van der Waals surface area contributed by atoms with Crippen LogP contribution >= 0.6 is 11.6 Å². The van der Waals surface area contributed by atoms with Crippen LogP contribution in [-0.2, 0) is 12.8 Å². The van der Waals surface area contributed by atoms with Gasteiger partial charge in [-0.25, -0.2) is 0 Å². The highest BCUT2D eigenvalue weighted by atomic mass is 35.5. The molecule has 1 aliphatic rings. The molecule has 94 valence electrons. The molecule has 0 bridgehead atoms. The summed E-state index contributed by atoms with van der Waals surface area (Å²) in [6.07, 6.45) is 4.76. The zero-order valence-electron chi connectivity index (χ0n) is 10.6. The minimum absolute atomic E-state index is 0.301. The number of rotatable bonds is 3. The lowest BCUT2D eigenvalue weighted by Gasteiger charge is -2.25. The van der Waals surface area contributed by atoms with Crippen molar-refractivity contribution in [3.05, 3.63) is 27.8 Å². The van der Waals surface area contributed by atoms with Gasteiger partial charge in [-0.15, -0.1) is 0 Å². The number of methoxy groups -OCH3 is 1. The molecule has 0 aliphatic heterocycles. The van der Waals surface area contributed by atoms with Crippen molar-refractivity contribution in [2.75, 3.05) is 13.7 Å². The second-order valence-electron chi connectivity index (χ2n) is 4.79. The van der Waals surface area contributed by atoms with E-state index in [1.165, 1.54) is 29.5 Å². The van der Waals surface area contributed by atoms with Gasteiger partial charge in [0.2, 0.25) is 0 Å². The van der Waals surface area contributed by atoms with Crippen LogP contribution < -0.4 is 10.5 Å². The van der Waals surface area contributed by atoms with E-state index in [4.69, 9.17) is 22.1 Å². The third-order valence-corrected chi connectivity index (χ3v) is 3.93. The first-order valence-corrected chi connectivity index (χ1v) is 6.65. The van der Waals surface area contributed by atoms with Gasteiger partial charge in [-0.3, -0.25) is 0 Å². The number of ether oxygens (including phenoxy) is 1. The van der Waals surface area contributed by atoms with Gasteiger partial charge < -0.3 is 10.5 Å². The molecular weight excluding hydrogens is 234 g/mol. The van der Waals surface area contributed by atoms with Crippen molar-refractivity contribution in [1.29, 1.82) is 0 Å². The SMILES string of the molecule is COc1c(Cl)cc2c(c1C(C)CN)CCCC2. The summed E-state index contributed by atoms with van der Waals surface area (Å²) >= 11 is 6.30. The van der Waals surface area contributed by atoms with Crippen molar-refractivity contribution in [3.8, 4) is 5.75 Å². The van der Waals surface area contributed by atoms with E-state index in [1.54, 1.807) is 7.11 Å². The monoisotopic (exact) mass is 253 g/mol. The maximum Gasteiger partial charge on any atom is 0.141 e. The fourth-order valence-corrected chi connectivity index (χ4v) is 3.04. The number of fused-ring (bicyclic) bond motifs is 1. The molecule has 0 fully saturated rings. The van der Waals surface area contributed by atoms with Gasteiger partial charge in [0.15, 0.2) is 0 Å². The number of benzene rings is 1. The fourth-order valence-electron chi connectivity index (χ4n) is 2.73. The Kier molecular flexibility index (Phi) is 3.95. The second-order valence-corrected chi connectivity index (χ2v) is 5.19. The maximum absolute atomic E-state index is 6.30. The minimum Gasteiger partial charge on any atom is -0.495 e. The van der Waals surface area contributed by atoms with Gasteiger partial charge in [0.05, 0.1) is 12.1 Å². The summed E-state index contributed by atoms with van der Waals surface area (Å²) in [5, 5.41) is 0.725. The molecule has 0 amide bonds. The van der Waals surface area contributed by atoms with Crippen LogP contribution in [0.1, 0.15) is 42.4 Å². The van der Waals surface area contributed by atoms with Crippen LogP contribution in [0.25, 0.3) is 0 Å². The lowest BCUT2D eigenvalue weighted by molar-refractivity contribution is 0.405. The van der Waals surface area contributed by atoms with E-state index in [1.807, 2.05) is 0 Å². The molecule has 0 spiro atoms. The Labute approximate surface area is 108 Å². The van der Waals surface area contributed by atoms with Crippen LogP contribution in [0, 0.1) is 0 Å². The number of hydrogen-bond acceptors (Lipinski definition) is 2. The predicted molar refractivity (Wildman–Crippen MR) is 72.1 cm³/mol. The molecule has 0 radical (unpaired) electrons. The Morgan fingerprint density at radius 1 is 1.41 bits per heavy atom. The zero-order valence-corrected chi connectivity index (χ0v) is 11.3. The number of nitrogens with two attached hydrogens (primary N) is 1. The summed E-state index contributed by atoms with van der Waals surface area (Å²) in [7, 11) is 1.68. The third-order valence-electron chi connectivity index (χ3n) is 3.65. The summed E-state index contributed by atoms with van der Waals surface area (Å²) in [6, 6.07) is 2.07. The van der Waals surface area contributed by atoms with Crippen molar-refractivity contribution >= 4 is 11.6 Å². The standard InChI is InChI=1S/C14H20ClNO/c1-9(8-16)13-11-6-4-3-5-10(11)7-12(15)14(13)17-2/h7,9H,3-6,8,16H2,1-2H3. The maximum atomic E-state index is 6.30. The first-order chi connectivity index (χ1) is 8.19. The predicted octanol–water partition coefficient (Wildman–Crippen LogP) is 3.29. The summed E-state index contributed by atoms with van der Waals surface area (Å²) < 4.78 is 5.48. The summed E-state index contributed by atoms with van der Waals surface area (Å²) in [4.78, 5) is 0. The highest BCUT2D eigenvalue weighted by Gasteiger charge is 2.23. The lowest BCUT2D eigenvalue weighted by Crippen LogP contribution is -2.16. The van der Waals surface area contributed by atoms with Crippen LogP contribution in [0.5, 0.6) is 5.75 Å². The molecule has 17 heavy (non-hydrogen) atoms. The van der Waals surface area contributed by atoms with Crippen molar-refractivity contribution in [1.82, 2.24) is 0 Å². The van der Waals surface area contributed by atoms with E-state index >= 15 is 0 Å². The molecule has 2 rings (SSSR count). The normalized spacial score (nSPS) is 16.5. The molecule has 0 heterocycles. The Balaban J connectivity index is 2.61. The van der Waals surface area contributed by atoms with Crippen molar-refractivity contribution in [3.63, 3.8) is 0 Å². The van der Waals surface area contributed by atoms with Gasteiger partial charge in [-0.2, -0.15) is 0 Å². The highest BCUT2D eigenvalue weighted by molar-refractivity contribution is 6.32. The number of aryl methyl sites for hydroxylation is 1. The average Bonchev–Trinajstić information content (AvgIpc) is 2.36.